The number of benzene rings is 1. The first-order valence-corrected chi connectivity index (χ1v) is 9.75. The van der Waals surface area contributed by atoms with Gasteiger partial charge in [-0.3, -0.25) is 19.6 Å². The molecule has 1 atom stereocenters. The number of rotatable bonds is 3. The molecule has 1 amide bonds. The molecule has 2 aromatic rings. The third kappa shape index (κ3) is 3.89. The van der Waals surface area contributed by atoms with Crippen LogP contribution in [0.25, 0.3) is 0 Å². The van der Waals surface area contributed by atoms with Gasteiger partial charge in [0.15, 0.2) is 0 Å². The van der Waals surface area contributed by atoms with E-state index in [9.17, 15) is 4.79 Å². The second kappa shape index (κ2) is 7.41. The zero-order chi connectivity index (χ0) is 18.9. The standard InChI is InChI=1S/C22H28N4O/c1-22(2)17-25(21(27)19-8-4-3-5-9-19)16-20-15-24(11-12-26(20)22)14-18-7-6-10-23-13-18/h3-10,13,20H,11-12,14-17H2,1-2H3/t20-/m0/s1. The molecule has 0 unspecified atom stereocenters. The van der Waals surface area contributed by atoms with Crippen LogP contribution in [0.1, 0.15) is 29.8 Å². The van der Waals surface area contributed by atoms with E-state index >= 15 is 0 Å². The molecule has 0 N–H and O–H groups in total. The van der Waals surface area contributed by atoms with E-state index in [1.165, 1.54) is 5.56 Å². The van der Waals surface area contributed by atoms with Crippen LogP contribution in [0.4, 0.5) is 0 Å². The Balaban J connectivity index is 1.48. The van der Waals surface area contributed by atoms with E-state index in [1.807, 2.05) is 53.7 Å². The fourth-order valence-corrected chi connectivity index (χ4v) is 4.56. The highest BCUT2D eigenvalue weighted by Gasteiger charge is 2.43. The van der Waals surface area contributed by atoms with Crippen LogP contribution in [-0.4, -0.2) is 69.9 Å². The average Bonchev–Trinajstić information content (AvgIpc) is 2.68. The Morgan fingerprint density at radius 2 is 1.93 bits per heavy atom. The molecule has 1 aromatic heterocycles. The van der Waals surface area contributed by atoms with Crippen molar-refractivity contribution >= 4 is 5.91 Å². The highest BCUT2D eigenvalue weighted by molar-refractivity contribution is 5.94. The normalized spacial score (nSPS) is 23.0. The number of piperazine rings is 2. The lowest BCUT2D eigenvalue weighted by molar-refractivity contribution is -0.0577. The lowest BCUT2D eigenvalue weighted by Crippen LogP contribution is -2.70. The smallest absolute Gasteiger partial charge is 0.253 e. The maximum Gasteiger partial charge on any atom is 0.253 e. The largest absolute Gasteiger partial charge is 0.335 e. The van der Waals surface area contributed by atoms with E-state index in [0.717, 1.165) is 44.8 Å². The average molecular weight is 364 g/mol. The Morgan fingerprint density at radius 3 is 2.67 bits per heavy atom. The minimum atomic E-state index is -0.00620. The summed E-state index contributed by atoms with van der Waals surface area (Å²) in [4.78, 5) is 24.4. The number of hydrogen-bond acceptors (Lipinski definition) is 4. The Kier molecular flexibility index (Phi) is 4.98. The maximum atomic E-state index is 13.0. The lowest BCUT2D eigenvalue weighted by Gasteiger charge is -2.55. The predicted octanol–water partition coefficient (Wildman–Crippen LogP) is 2.50. The molecule has 1 aromatic carbocycles. The van der Waals surface area contributed by atoms with E-state index in [4.69, 9.17) is 0 Å². The Morgan fingerprint density at radius 1 is 1.11 bits per heavy atom. The summed E-state index contributed by atoms with van der Waals surface area (Å²) in [5, 5.41) is 0. The SMILES string of the molecule is CC1(C)CN(C(=O)c2ccccc2)C[C@@H]2CN(Cc3cccnc3)CCN21. The minimum absolute atomic E-state index is 0.00620. The summed E-state index contributed by atoms with van der Waals surface area (Å²) in [5.74, 6) is 0.146. The molecule has 0 spiro atoms. The molecule has 0 aliphatic carbocycles. The molecule has 5 nitrogen and oxygen atoms in total. The molecular formula is C22H28N4O. The van der Waals surface area contributed by atoms with Crippen molar-refractivity contribution in [3.63, 3.8) is 0 Å². The van der Waals surface area contributed by atoms with Crippen LogP contribution in [0, 0.1) is 0 Å². The molecule has 0 saturated carbocycles. The van der Waals surface area contributed by atoms with Crippen LogP contribution in [0.3, 0.4) is 0 Å². The van der Waals surface area contributed by atoms with Crippen molar-refractivity contribution in [2.24, 2.45) is 0 Å². The Labute approximate surface area is 161 Å². The number of carbonyl (C=O) groups is 1. The van der Waals surface area contributed by atoms with Gasteiger partial charge in [0.2, 0.25) is 0 Å². The van der Waals surface area contributed by atoms with Gasteiger partial charge in [-0.2, -0.15) is 0 Å². The van der Waals surface area contributed by atoms with Gasteiger partial charge in [0.25, 0.3) is 5.91 Å². The van der Waals surface area contributed by atoms with Crippen LogP contribution in [0.2, 0.25) is 0 Å². The van der Waals surface area contributed by atoms with Crippen molar-refractivity contribution in [1.29, 1.82) is 0 Å². The van der Waals surface area contributed by atoms with Gasteiger partial charge in [0.05, 0.1) is 0 Å². The van der Waals surface area contributed by atoms with Crippen LogP contribution in [0.15, 0.2) is 54.9 Å². The molecule has 2 saturated heterocycles. The van der Waals surface area contributed by atoms with Crippen molar-refractivity contribution in [2.45, 2.75) is 32.0 Å². The molecular weight excluding hydrogens is 336 g/mol. The van der Waals surface area contributed by atoms with E-state index in [0.29, 0.717) is 6.04 Å². The Bertz CT molecular complexity index is 777. The predicted molar refractivity (Wildman–Crippen MR) is 106 cm³/mol. The number of amides is 1. The summed E-state index contributed by atoms with van der Waals surface area (Å²) in [6.07, 6.45) is 3.76. The summed E-state index contributed by atoms with van der Waals surface area (Å²) in [6.45, 7) is 10.1. The molecule has 4 rings (SSSR count). The molecule has 142 valence electrons. The molecule has 2 aliphatic rings. The second-order valence-electron chi connectivity index (χ2n) is 8.31. The fourth-order valence-electron chi connectivity index (χ4n) is 4.56. The molecule has 0 radical (unpaired) electrons. The van der Waals surface area contributed by atoms with Gasteiger partial charge in [-0.15, -0.1) is 0 Å². The van der Waals surface area contributed by atoms with E-state index in [1.54, 1.807) is 0 Å². The van der Waals surface area contributed by atoms with Crippen LogP contribution >= 0.6 is 0 Å². The van der Waals surface area contributed by atoms with Crippen LogP contribution in [-0.2, 0) is 6.54 Å². The number of pyridine rings is 1. The van der Waals surface area contributed by atoms with Crippen molar-refractivity contribution < 1.29 is 4.79 Å². The van der Waals surface area contributed by atoms with E-state index in [2.05, 4.69) is 34.7 Å². The first-order chi connectivity index (χ1) is 13.0. The van der Waals surface area contributed by atoms with Gasteiger partial charge < -0.3 is 4.90 Å². The number of fused-ring (bicyclic) bond motifs is 1. The van der Waals surface area contributed by atoms with Gasteiger partial charge in [0, 0.05) is 68.8 Å². The number of carbonyl (C=O) groups excluding carboxylic acids is 1. The second-order valence-corrected chi connectivity index (χ2v) is 8.31. The first kappa shape index (κ1) is 18.1. The van der Waals surface area contributed by atoms with Crippen molar-refractivity contribution in [1.82, 2.24) is 19.7 Å². The summed E-state index contributed by atoms with van der Waals surface area (Å²) in [7, 11) is 0. The van der Waals surface area contributed by atoms with Crippen LogP contribution < -0.4 is 0 Å². The lowest BCUT2D eigenvalue weighted by atomic mass is 9.92. The molecule has 2 fully saturated rings. The van der Waals surface area contributed by atoms with Crippen molar-refractivity contribution in [2.75, 3.05) is 32.7 Å². The highest BCUT2D eigenvalue weighted by Crippen LogP contribution is 2.29. The van der Waals surface area contributed by atoms with E-state index < -0.39 is 0 Å². The monoisotopic (exact) mass is 364 g/mol. The molecule has 5 heteroatoms. The first-order valence-electron chi connectivity index (χ1n) is 9.75. The molecule has 3 heterocycles. The van der Waals surface area contributed by atoms with Gasteiger partial charge in [-0.1, -0.05) is 24.3 Å². The van der Waals surface area contributed by atoms with Gasteiger partial charge >= 0.3 is 0 Å². The number of nitrogens with zero attached hydrogens (tertiary/aromatic N) is 4. The summed E-state index contributed by atoms with van der Waals surface area (Å²) in [6, 6.07) is 14.2. The molecule has 0 bridgehead atoms. The van der Waals surface area contributed by atoms with Gasteiger partial charge in [-0.25, -0.2) is 0 Å². The molecule has 27 heavy (non-hydrogen) atoms. The third-order valence-electron chi connectivity index (χ3n) is 5.79. The van der Waals surface area contributed by atoms with Crippen molar-refractivity contribution in [3.05, 3.63) is 66.0 Å². The van der Waals surface area contributed by atoms with Crippen molar-refractivity contribution in [3.8, 4) is 0 Å². The minimum Gasteiger partial charge on any atom is -0.335 e. The van der Waals surface area contributed by atoms with E-state index in [-0.39, 0.29) is 11.4 Å². The van der Waals surface area contributed by atoms with Crippen LogP contribution in [0.5, 0.6) is 0 Å². The Hall–Kier alpha value is -2.24. The summed E-state index contributed by atoms with van der Waals surface area (Å²) >= 11 is 0. The summed E-state index contributed by atoms with van der Waals surface area (Å²) < 4.78 is 0. The van der Waals surface area contributed by atoms with Gasteiger partial charge in [0.1, 0.15) is 0 Å². The fraction of sp³-hybridized carbons (Fsp3) is 0.455. The quantitative estimate of drug-likeness (QED) is 0.839. The highest BCUT2D eigenvalue weighted by atomic mass is 16.2. The van der Waals surface area contributed by atoms with Gasteiger partial charge in [-0.05, 0) is 37.6 Å². The zero-order valence-electron chi connectivity index (χ0n) is 16.2. The topological polar surface area (TPSA) is 39.7 Å². The number of hydrogen-bond donors (Lipinski definition) is 0. The number of aromatic nitrogens is 1. The third-order valence-corrected chi connectivity index (χ3v) is 5.79. The maximum absolute atomic E-state index is 13.0. The molecule has 2 aliphatic heterocycles. The zero-order valence-corrected chi connectivity index (χ0v) is 16.2. The summed E-state index contributed by atoms with van der Waals surface area (Å²) in [5.41, 5.74) is 2.02.